The molecule has 0 unspecified atom stereocenters. The van der Waals surface area contributed by atoms with Crippen molar-refractivity contribution in [1.29, 1.82) is 0 Å². The lowest BCUT2D eigenvalue weighted by Gasteiger charge is -2.10. The maximum Gasteiger partial charge on any atom is 0.347 e. The van der Waals surface area contributed by atoms with E-state index in [1.54, 1.807) is 6.92 Å². The van der Waals surface area contributed by atoms with Gasteiger partial charge in [-0.05, 0) is 32.1 Å². The van der Waals surface area contributed by atoms with E-state index in [1.165, 1.54) is 16.9 Å². The van der Waals surface area contributed by atoms with Crippen LogP contribution in [-0.2, 0) is 13.0 Å². The van der Waals surface area contributed by atoms with Crippen LogP contribution in [0.2, 0.25) is 0 Å². The Morgan fingerprint density at radius 2 is 2.05 bits per heavy atom. The predicted molar refractivity (Wildman–Crippen MR) is 80.4 cm³/mol. The van der Waals surface area contributed by atoms with E-state index in [0.717, 1.165) is 17.1 Å². The molecule has 0 bridgehead atoms. The number of rotatable bonds is 5. The maximum atomic E-state index is 11.0. The molecule has 1 heterocycles. The van der Waals surface area contributed by atoms with E-state index in [-0.39, 0.29) is 0 Å². The molecule has 1 aromatic carbocycles. The lowest BCUT2D eigenvalue weighted by molar-refractivity contribution is 0.0701. The Hall–Kier alpha value is -1.72. The zero-order chi connectivity index (χ0) is 14.7. The van der Waals surface area contributed by atoms with Gasteiger partial charge in [0.25, 0.3) is 0 Å². The van der Waals surface area contributed by atoms with Gasteiger partial charge in [0, 0.05) is 13.0 Å². The quantitative estimate of drug-likeness (QED) is 0.920. The predicted octanol–water partition coefficient (Wildman–Crippen LogP) is 2.80. The summed E-state index contributed by atoms with van der Waals surface area (Å²) >= 11 is 1.26. The average molecular weight is 290 g/mol. The van der Waals surface area contributed by atoms with Gasteiger partial charge in [-0.25, -0.2) is 9.78 Å². The van der Waals surface area contributed by atoms with Crippen molar-refractivity contribution < 1.29 is 9.90 Å². The highest BCUT2D eigenvalue weighted by atomic mass is 32.1. The summed E-state index contributed by atoms with van der Waals surface area (Å²) in [6.07, 6.45) is 0.681. The average Bonchev–Trinajstić information content (AvgIpc) is 2.70. The van der Waals surface area contributed by atoms with Crippen LogP contribution in [0.25, 0.3) is 0 Å². The Labute approximate surface area is 122 Å². The van der Waals surface area contributed by atoms with Crippen LogP contribution in [0, 0.1) is 6.92 Å². The number of aromatic carboxylic acids is 1. The largest absolute Gasteiger partial charge is 0.477 e. The normalized spacial score (nSPS) is 11.0. The fourth-order valence-corrected chi connectivity index (χ4v) is 3.04. The number of hydrogen-bond acceptors (Lipinski definition) is 4. The van der Waals surface area contributed by atoms with E-state index in [1.807, 2.05) is 20.2 Å². The minimum absolute atomic E-state index is 0.337. The smallest absolute Gasteiger partial charge is 0.347 e. The second-order valence-corrected chi connectivity index (χ2v) is 6.15. The topological polar surface area (TPSA) is 53.4 Å². The first-order valence-corrected chi connectivity index (χ1v) is 7.19. The fourth-order valence-electron chi connectivity index (χ4n) is 2.10. The summed E-state index contributed by atoms with van der Waals surface area (Å²) in [5.74, 6) is -0.896. The van der Waals surface area contributed by atoms with Crippen LogP contribution in [0.4, 0.5) is 0 Å². The molecule has 0 spiro atoms. The summed E-state index contributed by atoms with van der Waals surface area (Å²) in [6.45, 7) is 2.64. The molecule has 0 aliphatic rings. The summed E-state index contributed by atoms with van der Waals surface area (Å²) in [6, 6.07) is 8.33. The van der Waals surface area contributed by atoms with Crippen molar-refractivity contribution in [2.75, 3.05) is 14.1 Å². The van der Waals surface area contributed by atoms with Gasteiger partial charge in [-0.1, -0.05) is 24.3 Å². The van der Waals surface area contributed by atoms with E-state index >= 15 is 0 Å². The Bertz CT molecular complexity index is 620. The molecule has 0 fully saturated rings. The third kappa shape index (κ3) is 3.65. The number of carbonyl (C=O) groups is 1. The number of thiazole rings is 1. The Morgan fingerprint density at radius 1 is 1.35 bits per heavy atom. The molecule has 1 N–H and O–H groups in total. The third-order valence-electron chi connectivity index (χ3n) is 2.88. The van der Waals surface area contributed by atoms with E-state index in [0.29, 0.717) is 17.0 Å². The number of carboxylic acids is 1. The minimum atomic E-state index is -0.896. The Kier molecular flexibility index (Phi) is 4.52. The zero-order valence-corrected chi connectivity index (χ0v) is 12.7. The molecule has 4 nitrogen and oxygen atoms in total. The minimum Gasteiger partial charge on any atom is -0.477 e. The first-order chi connectivity index (χ1) is 9.45. The van der Waals surface area contributed by atoms with Crippen molar-refractivity contribution >= 4 is 17.3 Å². The lowest BCUT2D eigenvalue weighted by atomic mass is 10.1. The summed E-state index contributed by atoms with van der Waals surface area (Å²) < 4.78 is 0. The molecular weight excluding hydrogens is 272 g/mol. The highest BCUT2D eigenvalue weighted by molar-refractivity contribution is 7.13. The van der Waals surface area contributed by atoms with Crippen LogP contribution in [0.5, 0.6) is 0 Å². The van der Waals surface area contributed by atoms with Crippen LogP contribution >= 0.6 is 11.3 Å². The first kappa shape index (κ1) is 14.7. The molecule has 106 valence electrons. The van der Waals surface area contributed by atoms with Crippen LogP contribution in [-0.4, -0.2) is 35.1 Å². The van der Waals surface area contributed by atoms with Crippen molar-refractivity contribution in [3.8, 4) is 0 Å². The van der Waals surface area contributed by atoms with E-state index < -0.39 is 5.97 Å². The molecule has 0 atom stereocenters. The molecule has 0 saturated carbocycles. The number of hydrogen-bond donors (Lipinski definition) is 1. The number of carboxylic acid groups (broad SMARTS) is 1. The second kappa shape index (κ2) is 6.15. The highest BCUT2D eigenvalue weighted by Crippen LogP contribution is 2.21. The second-order valence-electron chi connectivity index (χ2n) is 5.06. The number of benzene rings is 1. The third-order valence-corrected chi connectivity index (χ3v) is 4.03. The van der Waals surface area contributed by atoms with E-state index in [9.17, 15) is 4.79 Å². The van der Waals surface area contributed by atoms with Crippen LogP contribution in [0.15, 0.2) is 24.3 Å². The summed E-state index contributed by atoms with van der Waals surface area (Å²) in [5.41, 5.74) is 3.01. The Balaban J connectivity index is 2.17. The Morgan fingerprint density at radius 3 is 2.65 bits per heavy atom. The van der Waals surface area contributed by atoms with E-state index in [2.05, 4.69) is 28.1 Å². The van der Waals surface area contributed by atoms with Gasteiger partial charge in [0.2, 0.25) is 0 Å². The summed E-state index contributed by atoms with van der Waals surface area (Å²) in [4.78, 5) is 17.8. The monoisotopic (exact) mass is 290 g/mol. The maximum absolute atomic E-state index is 11.0. The molecule has 20 heavy (non-hydrogen) atoms. The molecule has 0 radical (unpaired) electrons. The van der Waals surface area contributed by atoms with Crippen molar-refractivity contribution in [2.45, 2.75) is 19.9 Å². The number of aromatic nitrogens is 1. The molecule has 5 heteroatoms. The van der Waals surface area contributed by atoms with Crippen molar-refractivity contribution in [3.05, 3.63) is 51.0 Å². The molecular formula is C15H18N2O2S. The lowest BCUT2D eigenvalue weighted by Crippen LogP contribution is -2.10. The summed E-state index contributed by atoms with van der Waals surface area (Å²) in [5, 5.41) is 9.90. The number of aryl methyl sites for hydroxylation is 1. The van der Waals surface area contributed by atoms with Gasteiger partial charge >= 0.3 is 5.97 Å². The molecule has 0 amide bonds. The van der Waals surface area contributed by atoms with Gasteiger partial charge in [0.15, 0.2) is 0 Å². The van der Waals surface area contributed by atoms with Crippen LogP contribution in [0.3, 0.4) is 0 Å². The van der Waals surface area contributed by atoms with Gasteiger partial charge in [-0.2, -0.15) is 0 Å². The van der Waals surface area contributed by atoms with Crippen LogP contribution in [0.1, 0.15) is 31.5 Å². The van der Waals surface area contributed by atoms with Crippen molar-refractivity contribution in [2.24, 2.45) is 0 Å². The van der Waals surface area contributed by atoms with Crippen molar-refractivity contribution in [1.82, 2.24) is 9.88 Å². The van der Waals surface area contributed by atoms with Crippen LogP contribution < -0.4 is 0 Å². The van der Waals surface area contributed by atoms with Gasteiger partial charge in [-0.15, -0.1) is 11.3 Å². The molecule has 0 saturated heterocycles. The van der Waals surface area contributed by atoms with Gasteiger partial charge in [0.1, 0.15) is 4.88 Å². The molecule has 2 rings (SSSR count). The standard InChI is InChI=1S/C15H18N2O2S/c1-10-14(15(18)19)20-13(16-10)8-11-5-4-6-12(7-11)9-17(2)3/h4-7H,8-9H2,1-3H3,(H,18,19). The summed E-state index contributed by atoms with van der Waals surface area (Å²) in [7, 11) is 4.08. The molecule has 0 aliphatic carbocycles. The van der Waals surface area contributed by atoms with Gasteiger partial charge < -0.3 is 10.0 Å². The van der Waals surface area contributed by atoms with E-state index in [4.69, 9.17) is 5.11 Å². The first-order valence-electron chi connectivity index (χ1n) is 6.38. The van der Waals surface area contributed by atoms with Gasteiger partial charge in [0.05, 0.1) is 10.7 Å². The molecule has 2 aromatic rings. The van der Waals surface area contributed by atoms with Gasteiger partial charge in [-0.3, -0.25) is 0 Å². The number of nitrogens with zero attached hydrogens (tertiary/aromatic N) is 2. The molecule has 0 aliphatic heterocycles. The molecule has 1 aromatic heterocycles. The highest BCUT2D eigenvalue weighted by Gasteiger charge is 2.14. The SMILES string of the molecule is Cc1nc(Cc2cccc(CN(C)C)c2)sc1C(=O)O. The zero-order valence-electron chi connectivity index (χ0n) is 11.9. The van der Waals surface area contributed by atoms with Crippen molar-refractivity contribution in [3.63, 3.8) is 0 Å². The fraction of sp³-hybridized carbons (Fsp3) is 0.333.